The van der Waals surface area contributed by atoms with Crippen LogP contribution in [0.15, 0.2) is 24.3 Å². The Labute approximate surface area is 78.4 Å². The lowest BCUT2D eigenvalue weighted by molar-refractivity contribution is 0.301. The standard InChI is InChI=1S/C8H8FIO/c9-7-3-1-6(2-4-7)8(10)5-11/h1-4,8,11H,5H2/t8-/m0/s1. The third-order valence-corrected chi connectivity index (χ3v) is 2.51. The van der Waals surface area contributed by atoms with Crippen LogP contribution in [0.1, 0.15) is 9.49 Å². The molecule has 0 amide bonds. The summed E-state index contributed by atoms with van der Waals surface area (Å²) in [6.07, 6.45) is 0. The average Bonchev–Trinajstić information content (AvgIpc) is 2.05. The first kappa shape index (κ1) is 8.93. The SMILES string of the molecule is OC[C@H](I)c1ccc(F)cc1. The first-order valence-corrected chi connectivity index (χ1v) is 4.49. The molecular weight excluding hydrogens is 258 g/mol. The molecular formula is C8H8FIO. The molecule has 1 rings (SSSR count). The molecule has 0 bridgehead atoms. The van der Waals surface area contributed by atoms with Crippen molar-refractivity contribution in [3.8, 4) is 0 Å². The summed E-state index contributed by atoms with van der Waals surface area (Å²) in [6, 6.07) is 6.17. The van der Waals surface area contributed by atoms with E-state index in [0.29, 0.717) is 0 Å². The predicted molar refractivity (Wildman–Crippen MR) is 50.2 cm³/mol. The van der Waals surface area contributed by atoms with Gasteiger partial charge in [0.2, 0.25) is 0 Å². The number of benzene rings is 1. The Kier molecular flexibility index (Phi) is 3.26. The highest BCUT2D eigenvalue weighted by molar-refractivity contribution is 14.1. The summed E-state index contributed by atoms with van der Waals surface area (Å²) in [4.78, 5) is 0. The summed E-state index contributed by atoms with van der Waals surface area (Å²) < 4.78 is 12.5. The van der Waals surface area contributed by atoms with Gasteiger partial charge in [-0.3, -0.25) is 0 Å². The van der Waals surface area contributed by atoms with Crippen molar-refractivity contribution in [1.29, 1.82) is 0 Å². The van der Waals surface area contributed by atoms with Gasteiger partial charge in [0.25, 0.3) is 0 Å². The maximum atomic E-state index is 12.4. The highest BCUT2D eigenvalue weighted by Gasteiger charge is 2.03. The molecule has 1 N–H and O–H groups in total. The largest absolute Gasteiger partial charge is 0.395 e. The molecule has 3 heteroatoms. The molecule has 0 radical (unpaired) electrons. The van der Waals surface area contributed by atoms with Gasteiger partial charge < -0.3 is 5.11 Å². The smallest absolute Gasteiger partial charge is 0.123 e. The Hall–Kier alpha value is -0.160. The lowest BCUT2D eigenvalue weighted by Gasteiger charge is -2.04. The molecule has 0 unspecified atom stereocenters. The monoisotopic (exact) mass is 266 g/mol. The van der Waals surface area contributed by atoms with E-state index >= 15 is 0 Å². The zero-order valence-corrected chi connectivity index (χ0v) is 7.95. The second-order valence-corrected chi connectivity index (χ2v) is 3.71. The third kappa shape index (κ3) is 2.41. The van der Waals surface area contributed by atoms with Crippen LogP contribution in [0.4, 0.5) is 4.39 Å². The number of hydrogen-bond acceptors (Lipinski definition) is 1. The molecule has 1 aromatic carbocycles. The van der Waals surface area contributed by atoms with Gasteiger partial charge in [0.15, 0.2) is 0 Å². The quantitative estimate of drug-likeness (QED) is 0.643. The molecule has 0 aliphatic carbocycles. The number of aliphatic hydroxyl groups excluding tert-OH is 1. The number of rotatable bonds is 2. The molecule has 1 nitrogen and oxygen atoms in total. The van der Waals surface area contributed by atoms with Crippen LogP contribution >= 0.6 is 22.6 Å². The molecule has 1 atom stereocenters. The minimum absolute atomic E-state index is 0.0631. The molecule has 0 fully saturated rings. The number of aliphatic hydroxyl groups is 1. The maximum absolute atomic E-state index is 12.4. The highest BCUT2D eigenvalue weighted by atomic mass is 127. The van der Waals surface area contributed by atoms with Crippen molar-refractivity contribution in [1.82, 2.24) is 0 Å². The van der Waals surface area contributed by atoms with Crippen LogP contribution in [0, 0.1) is 5.82 Å². The molecule has 11 heavy (non-hydrogen) atoms. The van der Waals surface area contributed by atoms with Crippen LogP contribution in [0.3, 0.4) is 0 Å². The summed E-state index contributed by atoms with van der Waals surface area (Å²) in [5.74, 6) is -0.240. The fourth-order valence-corrected chi connectivity index (χ4v) is 1.19. The first-order chi connectivity index (χ1) is 5.24. The van der Waals surface area contributed by atoms with E-state index in [1.54, 1.807) is 12.1 Å². The summed E-state index contributed by atoms with van der Waals surface area (Å²) in [5.41, 5.74) is 0.953. The van der Waals surface area contributed by atoms with E-state index in [1.165, 1.54) is 12.1 Å². The molecule has 0 saturated heterocycles. The van der Waals surface area contributed by atoms with E-state index in [0.717, 1.165) is 5.56 Å². The molecule has 0 heterocycles. The summed E-state index contributed by atoms with van der Waals surface area (Å²) in [6.45, 7) is 0.0895. The van der Waals surface area contributed by atoms with E-state index < -0.39 is 0 Å². The Morgan fingerprint density at radius 3 is 2.36 bits per heavy atom. The Morgan fingerprint density at radius 2 is 1.91 bits per heavy atom. The van der Waals surface area contributed by atoms with Gasteiger partial charge in [-0.1, -0.05) is 34.7 Å². The zero-order valence-electron chi connectivity index (χ0n) is 5.80. The van der Waals surface area contributed by atoms with Crippen LogP contribution in [0.2, 0.25) is 0 Å². The van der Waals surface area contributed by atoms with Crippen LogP contribution in [-0.4, -0.2) is 11.7 Å². The highest BCUT2D eigenvalue weighted by Crippen LogP contribution is 2.21. The maximum Gasteiger partial charge on any atom is 0.123 e. The first-order valence-electron chi connectivity index (χ1n) is 3.24. The second kappa shape index (κ2) is 4.01. The summed E-state index contributed by atoms with van der Waals surface area (Å²) in [7, 11) is 0. The van der Waals surface area contributed by atoms with Gasteiger partial charge in [0.1, 0.15) is 5.82 Å². The lowest BCUT2D eigenvalue weighted by atomic mass is 10.2. The van der Waals surface area contributed by atoms with Gasteiger partial charge >= 0.3 is 0 Å². The van der Waals surface area contributed by atoms with Gasteiger partial charge in [-0.05, 0) is 17.7 Å². The van der Waals surface area contributed by atoms with E-state index in [4.69, 9.17) is 5.11 Å². The van der Waals surface area contributed by atoms with Gasteiger partial charge in [-0.2, -0.15) is 0 Å². The molecule has 0 aliphatic heterocycles. The molecule has 1 aromatic rings. The zero-order chi connectivity index (χ0) is 8.27. The van der Waals surface area contributed by atoms with Crippen molar-refractivity contribution in [2.45, 2.75) is 3.92 Å². The Morgan fingerprint density at radius 1 is 1.36 bits per heavy atom. The topological polar surface area (TPSA) is 20.2 Å². The van der Waals surface area contributed by atoms with Crippen molar-refractivity contribution in [3.63, 3.8) is 0 Å². The van der Waals surface area contributed by atoms with Crippen molar-refractivity contribution < 1.29 is 9.50 Å². The van der Waals surface area contributed by atoms with E-state index in [2.05, 4.69) is 22.6 Å². The second-order valence-electron chi connectivity index (χ2n) is 2.20. The third-order valence-electron chi connectivity index (χ3n) is 1.39. The minimum Gasteiger partial charge on any atom is -0.395 e. The number of hydrogen-bond donors (Lipinski definition) is 1. The fraction of sp³-hybridized carbons (Fsp3) is 0.250. The Balaban J connectivity index is 2.81. The van der Waals surface area contributed by atoms with Crippen molar-refractivity contribution >= 4 is 22.6 Å². The van der Waals surface area contributed by atoms with E-state index in [-0.39, 0.29) is 16.3 Å². The molecule has 0 aliphatic rings. The van der Waals surface area contributed by atoms with Crippen LogP contribution in [0.5, 0.6) is 0 Å². The van der Waals surface area contributed by atoms with E-state index in [1.807, 2.05) is 0 Å². The van der Waals surface area contributed by atoms with Crippen LogP contribution < -0.4 is 0 Å². The summed E-state index contributed by atoms with van der Waals surface area (Å²) in [5, 5.41) is 8.76. The predicted octanol–water partition coefficient (Wildman–Crippen LogP) is 2.29. The molecule has 60 valence electrons. The minimum atomic E-state index is -0.240. The number of alkyl halides is 1. The molecule has 0 spiro atoms. The van der Waals surface area contributed by atoms with Crippen LogP contribution in [0.25, 0.3) is 0 Å². The van der Waals surface area contributed by atoms with Crippen molar-refractivity contribution in [2.24, 2.45) is 0 Å². The van der Waals surface area contributed by atoms with Gasteiger partial charge in [0.05, 0.1) is 10.5 Å². The normalized spacial score (nSPS) is 13.0. The van der Waals surface area contributed by atoms with Gasteiger partial charge in [-0.15, -0.1) is 0 Å². The van der Waals surface area contributed by atoms with Gasteiger partial charge in [0, 0.05) is 0 Å². The van der Waals surface area contributed by atoms with Crippen molar-refractivity contribution in [3.05, 3.63) is 35.6 Å². The van der Waals surface area contributed by atoms with Crippen molar-refractivity contribution in [2.75, 3.05) is 6.61 Å². The number of halogens is 2. The average molecular weight is 266 g/mol. The van der Waals surface area contributed by atoms with Gasteiger partial charge in [-0.25, -0.2) is 4.39 Å². The molecule has 0 saturated carbocycles. The molecule has 0 aromatic heterocycles. The van der Waals surface area contributed by atoms with E-state index in [9.17, 15) is 4.39 Å². The lowest BCUT2D eigenvalue weighted by Crippen LogP contribution is -1.94. The van der Waals surface area contributed by atoms with Crippen LogP contribution in [-0.2, 0) is 0 Å². The fourth-order valence-electron chi connectivity index (χ4n) is 0.777. The summed E-state index contributed by atoms with van der Waals surface area (Å²) >= 11 is 2.11. The Bertz CT molecular complexity index is 222.